The second-order valence-electron chi connectivity index (χ2n) is 3.14. The second kappa shape index (κ2) is 4.14. The van der Waals surface area contributed by atoms with Crippen molar-refractivity contribution < 1.29 is 9.13 Å². The number of nitrogens with two attached hydrogens (primary N) is 1. The van der Waals surface area contributed by atoms with Gasteiger partial charge in [-0.25, -0.2) is 4.98 Å². The van der Waals surface area contributed by atoms with E-state index in [1.54, 1.807) is 18.2 Å². The molecule has 0 bridgehead atoms. The molecule has 82 valence electrons. The van der Waals surface area contributed by atoms with Crippen molar-refractivity contribution in [3.8, 4) is 17.3 Å². The molecule has 2 aromatic rings. The lowest BCUT2D eigenvalue weighted by Gasteiger charge is -2.05. The normalized spacial score (nSPS) is 10.1. The van der Waals surface area contributed by atoms with Crippen LogP contribution in [0, 0.1) is 5.82 Å². The minimum Gasteiger partial charge on any atom is -0.479 e. The Balaban J connectivity index is 2.53. The summed E-state index contributed by atoms with van der Waals surface area (Å²) in [6.45, 7) is 0. The highest BCUT2D eigenvalue weighted by Gasteiger charge is 2.10. The van der Waals surface area contributed by atoms with Crippen LogP contribution >= 0.6 is 0 Å². The van der Waals surface area contributed by atoms with Crippen molar-refractivity contribution in [3.05, 3.63) is 36.3 Å². The first-order chi connectivity index (χ1) is 7.72. The lowest BCUT2D eigenvalue weighted by atomic mass is 10.1. The van der Waals surface area contributed by atoms with Crippen LogP contribution in [0.5, 0.6) is 5.88 Å². The largest absolute Gasteiger partial charge is 0.479 e. The van der Waals surface area contributed by atoms with Crippen molar-refractivity contribution in [1.82, 2.24) is 9.97 Å². The molecule has 16 heavy (non-hydrogen) atoms. The zero-order valence-electron chi connectivity index (χ0n) is 8.64. The van der Waals surface area contributed by atoms with Gasteiger partial charge in [0.05, 0.1) is 13.3 Å². The smallest absolute Gasteiger partial charge is 0.253 e. The van der Waals surface area contributed by atoms with Gasteiger partial charge in [-0.3, -0.25) is 0 Å². The summed E-state index contributed by atoms with van der Waals surface area (Å²) in [5.74, 6) is -0.342. The van der Waals surface area contributed by atoms with E-state index in [-0.39, 0.29) is 5.88 Å². The molecule has 0 aliphatic heterocycles. The topological polar surface area (TPSA) is 61.0 Å². The van der Waals surface area contributed by atoms with E-state index in [1.165, 1.54) is 7.11 Å². The number of halogens is 1. The number of ether oxygens (including phenoxy) is 1. The number of hydrogen-bond acceptors (Lipinski definition) is 4. The summed E-state index contributed by atoms with van der Waals surface area (Å²) < 4.78 is 17.9. The first-order valence-corrected chi connectivity index (χ1v) is 4.64. The number of hydrogen-bond donors (Lipinski definition) is 1. The molecule has 0 aliphatic rings. The molecule has 1 aromatic heterocycles. The zero-order valence-corrected chi connectivity index (χ0v) is 8.64. The first-order valence-electron chi connectivity index (χ1n) is 4.64. The Bertz CT molecular complexity index is 516. The Hall–Kier alpha value is -2.17. The molecule has 2 rings (SSSR count). The Morgan fingerprint density at radius 2 is 2.06 bits per heavy atom. The third-order valence-electron chi connectivity index (χ3n) is 2.11. The lowest BCUT2D eigenvalue weighted by Crippen LogP contribution is -1.98. The fourth-order valence-electron chi connectivity index (χ4n) is 1.33. The van der Waals surface area contributed by atoms with Crippen LogP contribution < -0.4 is 10.5 Å². The molecule has 0 fully saturated rings. The van der Waals surface area contributed by atoms with Gasteiger partial charge in [0.2, 0.25) is 5.82 Å². The third kappa shape index (κ3) is 1.79. The summed E-state index contributed by atoms with van der Waals surface area (Å²) in [6, 6.07) is 7.11. The minimum atomic E-state index is -0.597. The van der Waals surface area contributed by atoms with Crippen molar-refractivity contribution in [2.24, 2.45) is 0 Å². The predicted molar refractivity (Wildman–Crippen MR) is 58.4 cm³/mol. The van der Waals surface area contributed by atoms with Crippen molar-refractivity contribution in [3.63, 3.8) is 0 Å². The predicted octanol–water partition coefficient (Wildman–Crippen LogP) is 1.87. The summed E-state index contributed by atoms with van der Waals surface area (Å²) >= 11 is 0. The molecule has 0 saturated carbocycles. The molecule has 0 spiro atoms. The quantitative estimate of drug-likeness (QED) is 0.783. The van der Waals surface area contributed by atoms with Crippen LogP contribution in [-0.2, 0) is 0 Å². The number of anilines is 1. The molecule has 0 saturated heterocycles. The van der Waals surface area contributed by atoms with Gasteiger partial charge in [-0.15, -0.1) is 0 Å². The highest BCUT2D eigenvalue weighted by molar-refractivity contribution is 5.71. The van der Waals surface area contributed by atoms with E-state index >= 15 is 0 Å². The summed E-state index contributed by atoms with van der Waals surface area (Å²) in [7, 11) is 1.35. The van der Waals surface area contributed by atoms with Crippen molar-refractivity contribution in [2.75, 3.05) is 12.8 Å². The molecule has 0 radical (unpaired) electrons. The van der Waals surface area contributed by atoms with Crippen LogP contribution in [0.3, 0.4) is 0 Å². The van der Waals surface area contributed by atoms with E-state index in [1.807, 2.05) is 6.07 Å². The van der Waals surface area contributed by atoms with Gasteiger partial charge in [0.1, 0.15) is 0 Å². The van der Waals surface area contributed by atoms with Gasteiger partial charge in [0, 0.05) is 11.3 Å². The number of benzene rings is 1. The minimum absolute atomic E-state index is 0.0896. The Kier molecular flexibility index (Phi) is 2.68. The molecule has 0 amide bonds. The molecule has 1 heterocycles. The zero-order chi connectivity index (χ0) is 11.5. The highest BCUT2D eigenvalue weighted by atomic mass is 19.1. The van der Waals surface area contributed by atoms with E-state index in [2.05, 4.69) is 9.97 Å². The number of nitrogen functional groups attached to an aromatic ring is 1. The van der Waals surface area contributed by atoms with Gasteiger partial charge in [0.15, 0.2) is 5.82 Å². The molecule has 4 nitrogen and oxygen atoms in total. The van der Waals surface area contributed by atoms with Crippen LogP contribution in [0.2, 0.25) is 0 Å². The average Bonchev–Trinajstić information content (AvgIpc) is 2.31. The Labute approximate surface area is 91.9 Å². The molecule has 0 aliphatic carbocycles. The molecule has 5 heteroatoms. The van der Waals surface area contributed by atoms with E-state index < -0.39 is 5.82 Å². The van der Waals surface area contributed by atoms with Gasteiger partial charge >= 0.3 is 0 Å². The summed E-state index contributed by atoms with van der Waals surface area (Å²) in [5, 5.41) is 0. The number of rotatable bonds is 2. The summed E-state index contributed by atoms with van der Waals surface area (Å²) in [4.78, 5) is 7.81. The number of aromatic nitrogens is 2. The van der Waals surface area contributed by atoms with Crippen molar-refractivity contribution >= 4 is 5.69 Å². The SMILES string of the molecule is COc1nc(-c2ccccc2N)ncc1F. The third-order valence-corrected chi connectivity index (χ3v) is 2.11. The fraction of sp³-hybridized carbons (Fsp3) is 0.0909. The van der Waals surface area contributed by atoms with Crippen LogP contribution in [0.25, 0.3) is 11.4 Å². The standard InChI is InChI=1S/C11H10FN3O/c1-16-11-8(12)6-14-10(15-11)7-4-2-3-5-9(7)13/h2-6H,13H2,1H3. The summed E-state index contributed by atoms with van der Waals surface area (Å²) in [5.41, 5.74) is 6.96. The first kappa shape index (κ1) is 10.4. The van der Waals surface area contributed by atoms with E-state index in [4.69, 9.17) is 10.5 Å². The van der Waals surface area contributed by atoms with Gasteiger partial charge < -0.3 is 10.5 Å². The fourth-order valence-corrected chi connectivity index (χ4v) is 1.33. The Morgan fingerprint density at radius 1 is 1.31 bits per heavy atom. The van der Waals surface area contributed by atoms with Gasteiger partial charge in [-0.2, -0.15) is 9.37 Å². The molecule has 0 atom stereocenters. The lowest BCUT2D eigenvalue weighted by molar-refractivity contribution is 0.367. The maximum Gasteiger partial charge on any atom is 0.253 e. The number of nitrogens with zero attached hydrogens (tertiary/aromatic N) is 2. The number of methoxy groups -OCH3 is 1. The van der Waals surface area contributed by atoms with Crippen LogP contribution in [0.15, 0.2) is 30.5 Å². The molecular weight excluding hydrogens is 209 g/mol. The van der Waals surface area contributed by atoms with Crippen LogP contribution in [0.1, 0.15) is 0 Å². The van der Waals surface area contributed by atoms with Crippen molar-refractivity contribution in [1.29, 1.82) is 0 Å². The van der Waals surface area contributed by atoms with E-state index in [0.717, 1.165) is 6.20 Å². The molecule has 0 unspecified atom stereocenters. The van der Waals surface area contributed by atoms with Crippen molar-refractivity contribution in [2.45, 2.75) is 0 Å². The van der Waals surface area contributed by atoms with E-state index in [0.29, 0.717) is 17.1 Å². The average molecular weight is 219 g/mol. The van der Waals surface area contributed by atoms with Gasteiger partial charge in [-0.05, 0) is 12.1 Å². The van der Waals surface area contributed by atoms with Gasteiger partial charge in [-0.1, -0.05) is 12.1 Å². The molecule has 2 N–H and O–H groups in total. The van der Waals surface area contributed by atoms with Crippen LogP contribution in [-0.4, -0.2) is 17.1 Å². The Morgan fingerprint density at radius 3 is 2.75 bits per heavy atom. The molecule has 1 aromatic carbocycles. The maximum absolute atomic E-state index is 13.1. The summed E-state index contributed by atoms with van der Waals surface area (Å²) in [6.07, 6.45) is 1.06. The molecular formula is C11H10FN3O. The van der Waals surface area contributed by atoms with E-state index in [9.17, 15) is 4.39 Å². The monoisotopic (exact) mass is 219 g/mol. The van der Waals surface area contributed by atoms with Crippen LogP contribution in [0.4, 0.5) is 10.1 Å². The van der Waals surface area contributed by atoms with Gasteiger partial charge in [0.25, 0.3) is 5.88 Å². The second-order valence-corrected chi connectivity index (χ2v) is 3.14. The maximum atomic E-state index is 13.1. The number of para-hydroxylation sites is 1. The highest BCUT2D eigenvalue weighted by Crippen LogP contribution is 2.24.